The maximum Gasteiger partial charge on any atom is 0.323 e. The number of hydrogen-bond donors (Lipinski definition) is 2. The summed E-state index contributed by atoms with van der Waals surface area (Å²) in [5.74, 6) is -2.86. The third-order valence-electron chi connectivity index (χ3n) is 10.7. The predicted octanol–water partition coefficient (Wildman–Crippen LogP) is 7.04. The van der Waals surface area contributed by atoms with Crippen molar-refractivity contribution in [1.29, 1.82) is 0 Å². The van der Waals surface area contributed by atoms with Crippen molar-refractivity contribution < 1.29 is 41.0 Å². The number of ether oxygens (including phenoxy) is 3. The maximum atomic E-state index is 17.3. The lowest BCUT2D eigenvalue weighted by molar-refractivity contribution is -0.152. The van der Waals surface area contributed by atoms with Crippen molar-refractivity contribution in [2.24, 2.45) is 11.7 Å². The molecule has 5 heterocycles. The molecule has 4 N–H and O–H groups in total. The van der Waals surface area contributed by atoms with Crippen molar-refractivity contribution in [1.82, 2.24) is 14.9 Å². The van der Waals surface area contributed by atoms with Gasteiger partial charge in [0, 0.05) is 23.9 Å². The number of carbonyl (C=O) groups excluding carboxylic acids is 1. The first-order chi connectivity index (χ1) is 25.1. The average molecular weight is 783 g/mol. The average Bonchev–Trinajstić information content (AvgIpc) is 3.69. The van der Waals surface area contributed by atoms with Gasteiger partial charge in [-0.15, -0.1) is 11.3 Å². The molecule has 5 atom stereocenters. The number of nitrogen functional groups attached to an aromatic ring is 1. The molecule has 0 bridgehead atoms. The van der Waals surface area contributed by atoms with Crippen LogP contribution in [0.5, 0.6) is 11.8 Å². The lowest BCUT2D eigenvalue weighted by Crippen LogP contribution is -2.51. The number of nitrogens with zero attached hydrogens (tertiary/aromatic N) is 4. The summed E-state index contributed by atoms with van der Waals surface area (Å²) in [6.07, 6.45) is -3.36. The summed E-state index contributed by atoms with van der Waals surface area (Å²) in [7, 11) is 0. The molecule has 0 radical (unpaired) electrons. The van der Waals surface area contributed by atoms with Crippen molar-refractivity contribution in [2.45, 2.75) is 83.3 Å². The minimum atomic E-state index is -2.93. The fraction of sp³-hybridized carbons (Fsp3) is 0.528. The zero-order chi connectivity index (χ0) is 38.1. The Morgan fingerprint density at radius 1 is 1.21 bits per heavy atom. The lowest BCUT2D eigenvalue weighted by atomic mass is 9.95. The summed E-state index contributed by atoms with van der Waals surface area (Å²) in [5.41, 5.74) is 11.8. The molecule has 10 nitrogen and oxygen atoms in total. The van der Waals surface area contributed by atoms with Gasteiger partial charge in [0.05, 0.1) is 32.2 Å². The molecule has 0 spiro atoms. The van der Waals surface area contributed by atoms with Gasteiger partial charge < -0.3 is 30.6 Å². The smallest absolute Gasteiger partial charge is 0.323 e. The fourth-order valence-corrected chi connectivity index (χ4v) is 9.20. The van der Waals surface area contributed by atoms with E-state index in [0.717, 1.165) is 17.8 Å². The van der Waals surface area contributed by atoms with Crippen molar-refractivity contribution in [3.63, 3.8) is 0 Å². The number of thiophene rings is 1. The lowest BCUT2D eigenvalue weighted by Gasteiger charge is -2.35. The molecule has 2 fully saturated rings. The van der Waals surface area contributed by atoms with Crippen LogP contribution in [0.15, 0.2) is 12.1 Å². The molecule has 0 amide bonds. The Balaban J connectivity index is 1.43. The zero-order valence-electron chi connectivity index (χ0n) is 29.5. The standard InChI is InChI=1S/C36H40ClF5N6O4S/c1-15(2)28(43)34(49)52-17(4)21-13-50-30-25-29(27(42)24(26(30)37)19-6-7-20(39)31-23(19)16(3)32(44)53-31)45-35(46-33(25)48(21)12-22(40)41)51-14-36-8-5-9-47(36)11-18(38)10-36/h6-7,15,17-18,21-22,28H,5,8-14,43-44H2,1-4H3/t17?,18-,21?,28?,36+/m1/s1. The predicted molar refractivity (Wildman–Crippen MR) is 194 cm³/mol. The molecule has 2 saturated heterocycles. The Hall–Kier alpha value is -3.73. The third-order valence-corrected chi connectivity index (χ3v) is 12.2. The van der Waals surface area contributed by atoms with E-state index in [1.165, 1.54) is 24.0 Å². The van der Waals surface area contributed by atoms with Gasteiger partial charge in [0.15, 0.2) is 11.6 Å². The zero-order valence-corrected chi connectivity index (χ0v) is 31.1. The minimum absolute atomic E-state index is 0.0326. The minimum Gasteiger partial charge on any atom is -0.489 e. The van der Waals surface area contributed by atoms with Crippen molar-refractivity contribution in [2.75, 3.05) is 43.5 Å². The van der Waals surface area contributed by atoms with E-state index in [9.17, 15) is 18.0 Å². The first-order valence-corrected chi connectivity index (χ1v) is 18.7. The monoisotopic (exact) mass is 782 g/mol. The highest BCUT2D eigenvalue weighted by atomic mass is 35.5. The summed E-state index contributed by atoms with van der Waals surface area (Å²) in [6.45, 7) is 6.29. The topological polar surface area (TPSA) is 129 Å². The van der Waals surface area contributed by atoms with E-state index in [4.69, 9.17) is 37.3 Å². The quantitative estimate of drug-likeness (QED) is 0.128. The van der Waals surface area contributed by atoms with Gasteiger partial charge in [-0.05, 0) is 56.3 Å². The Bertz CT molecular complexity index is 2090. The number of benzene rings is 2. The molecular formula is C36H40ClF5N6O4S. The number of halogens is 6. The Morgan fingerprint density at radius 2 is 1.96 bits per heavy atom. The molecule has 0 aliphatic carbocycles. The highest BCUT2D eigenvalue weighted by molar-refractivity contribution is 7.23. The summed E-state index contributed by atoms with van der Waals surface area (Å²) in [6, 6.07) is 0.119. The van der Waals surface area contributed by atoms with E-state index in [0.29, 0.717) is 28.9 Å². The Labute approximate surface area is 311 Å². The third kappa shape index (κ3) is 6.48. The summed E-state index contributed by atoms with van der Waals surface area (Å²) in [4.78, 5) is 25.2. The van der Waals surface area contributed by atoms with Gasteiger partial charge in [0.1, 0.15) is 54.7 Å². The van der Waals surface area contributed by atoms with Crippen LogP contribution in [0.3, 0.4) is 0 Å². The van der Waals surface area contributed by atoms with Gasteiger partial charge >= 0.3 is 12.0 Å². The summed E-state index contributed by atoms with van der Waals surface area (Å²) in [5, 5.41) is 0.303. The van der Waals surface area contributed by atoms with Crippen LogP contribution in [0.4, 0.5) is 32.8 Å². The van der Waals surface area contributed by atoms with Crippen LogP contribution in [-0.4, -0.2) is 90.0 Å². The molecule has 7 rings (SSSR count). The van der Waals surface area contributed by atoms with Gasteiger partial charge in [0.2, 0.25) is 0 Å². The number of fused-ring (bicyclic) bond motifs is 2. The Kier molecular flexibility index (Phi) is 10.0. The number of hydrogen-bond acceptors (Lipinski definition) is 11. The number of alkyl halides is 3. The van der Waals surface area contributed by atoms with E-state index in [2.05, 4.69) is 9.97 Å². The molecule has 3 unspecified atom stereocenters. The van der Waals surface area contributed by atoms with Gasteiger partial charge in [-0.25, -0.2) is 22.0 Å². The Morgan fingerprint density at radius 3 is 2.68 bits per heavy atom. The van der Waals surface area contributed by atoms with Crippen LogP contribution in [-0.2, 0) is 9.53 Å². The number of nitrogens with two attached hydrogens (primary N) is 2. The molecule has 17 heteroatoms. The maximum absolute atomic E-state index is 17.3. The first kappa shape index (κ1) is 37.6. The number of carbonyl (C=O) groups is 1. The van der Waals surface area contributed by atoms with Crippen molar-refractivity contribution in [3.05, 3.63) is 34.4 Å². The van der Waals surface area contributed by atoms with Crippen LogP contribution < -0.4 is 25.8 Å². The highest BCUT2D eigenvalue weighted by Crippen LogP contribution is 2.51. The van der Waals surface area contributed by atoms with Gasteiger partial charge in [-0.3, -0.25) is 9.69 Å². The second-order valence-corrected chi connectivity index (χ2v) is 15.9. The molecule has 0 saturated carbocycles. The fourth-order valence-electron chi connectivity index (χ4n) is 7.86. The number of anilines is 2. The first-order valence-electron chi connectivity index (χ1n) is 17.5. The van der Waals surface area contributed by atoms with E-state index in [-0.39, 0.29) is 81.4 Å². The number of rotatable bonds is 10. The number of aromatic nitrogens is 2. The van der Waals surface area contributed by atoms with Gasteiger partial charge in [-0.2, -0.15) is 9.97 Å². The van der Waals surface area contributed by atoms with Crippen LogP contribution in [0.25, 0.3) is 32.1 Å². The van der Waals surface area contributed by atoms with Crippen LogP contribution in [0, 0.1) is 24.5 Å². The molecule has 286 valence electrons. The molecule has 3 aliphatic heterocycles. The van der Waals surface area contributed by atoms with E-state index in [1.807, 2.05) is 4.90 Å². The highest BCUT2D eigenvalue weighted by Gasteiger charge is 2.49. The van der Waals surface area contributed by atoms with E-state index < -0.39 is 60.5 Å². The number of esters is 1. The van der Waals surface area contributed by atoms with Crippen molar-refractivity contribution >= 4 is 60.7 Å². The molecule has 53 heavy (non-hydrogen) atoms. The molecular weight excluding hydrogens is 743 g/mol. The molecule has 4 aromatic rings. The molecule has 3 aliphatic rings. The summed E-state index contributed by atoms with van der Waals surface area (Å²) < 4.78 is 94.2. The van der Waals surface area contributed by atoms with Gasteiger partial charge in [-0.1, -0.05) is 31.5 Å². The second kappa shape index (κ2) is 14.2. The number of aryl methyl sites for hydroxylation is 1. The second-order valence-electron chi connectivity index (χ2n) is 14.5. The van der Waals surface area contributed by atoms with E-state index >= 15 is 8.78 Å². The summed E-state index contributed by atoms with van der Waals surface area (Å²) >= 11 is 8.03. The van der Waals surface area contributed by atoms with Gasteiger partial charge in [0.25, 0.3) is 6.43 Å². The van der Waals surface area contributed by atoms with Crippen molar-refractivity contribution in [3.8, 4) is 22.9 Å². The normalized spacial score (nSPS) is 22.8. The van der Waals surface area contributed by atoms with E-state index in [1.54, 1.807) is 20.8 Å². The SMILES string of the molecule is Cc1c(N)sc2c(F)ccc(-c3c(Cl)c4c5c(nc(OC[C@@]67CCCN6C[C@H](F)C7)nc5c3F)N(CC(F)F)C(C(C)OC(=O)C(N)C(C)C)CO4)c12. The molecule has 2 aromatic heterocycles. The van der Waals surface area contributed by atoms with Crippen LogP contribution in [0.2, 0.25) is 5.02 Å². The largest absolute Gasteiger partial charge is 0.489 e. The van der Waals surface area contributed by atoms with Crippen LogP contribution >= 0.6 is 22.9 Å². The van der Waals surface area contributed by atoms with Crippen LogP contribution in [0.1, 0.15) is 45.6 Å². The molecule has 2 aromatic carbocycles.